The molecular formula is C10H21NO. The first-order valence-corrected chi connectivity index (χ1v) is 4.70. The molecule has 0 bridgehead atoms. The van der Waals surface area contributed by atoms with E-state index < -0.39 is 0 Å². The summed E-state index contributed by atoms with van der Waals surface area (Å²) in [5.41, 5.74) is 0. The molecule has 2 nitrogen and oxygen atoms in total. The molecule has 0 saturated carbocycles. The number of hydrogen-bond donors (Lipinski definition) is 1. The van der Waals surface area contributed by atoms with Crippen molar-refractivity contribution in [2.45, 2.75) is 47.1 Å². The number of carbonyl (C=O) groups is 1. The Bertz CT molecular complexity index is 141. The smallest absolute Gasteiger partial charge is 0.217 e. The number of carbonyl (C=O) groups excluding carboxylic acids is 1. The minimum atomic E-state index is 0.0781. The third kappa shape index (κ3) is 5.16. The fourth-order valence-corrected chi connectivity index (χ4v) is 1.27. The minimum Gasteiger partial charge on any atom is -0.353 e. The van der Waals surface area contributed by atoms with E-state index in [1.807, 2.05) is 0 Å². The predicted octanol–water partition coefficient (Wildman–Crippen LogP) is 2.19. The highest BCUT2D eigenvalue weighted by molar-refractivity contribution is 5.73. The van der Waals surface area contributed by atoms with E-state index in [-0.39, 0.29) is 5.91 Å². The molecule has 0 spiro atoms. The van der Waals surface area contributed by atoms with Crippen LogP contribution in [0, 0.1) is 11.8 Å². The van der Waals surface area contributed by atoms with Gasteiger partial charge in [-0.1, -0.05) is 27.7 Å². The summed E-state index contributed by atoms with van der Waals surface area (Å²) >= 11 is 0. The van der Waals surface area contributed by atoms with E-state index in [4.69, 9.17) is 0 Å². The fourth-order valence-electron chi connectivity index (χ4n) is 1.27. The van der Waals surface area contributed by atoms with Crippen LogP contribution in [0.3, 0.4) is 0 Å². The molecule has 1 N–H and O–H groups in total. The van der Waals surface area contributed by atoms with Gasteiger partial charge in [-0.15, -0.1) is 0 Å². The standard InChI is InChI=1S/C10H21NO/c1-7(2)6-10(8(3)4)11-9(5)12/h7-8,10H,6H2,1-5H3,(H,11,12)/t10-/m0/s1. The van der Waals surface area contributed by atoms with Crippen molar-refractivity contribution in [2.75, 3.05) is 0 Å². The van der Waals surface area contributed by atoms with Gasteiger partial charge >= 0.3 is 0 Å². The molecule has 0 heterocycles. The van der Waals surface area contributed by atoms with Crippen LogP contribution in [0.2, 0.25) is 0 Å². The molecule has 0 aliphatic heterocycles. The van der Waals surface area contributed by atoms with E-state index in [0.717, 1.165) is 6.42 Å². The van der Waals surface area contributed by atoms with Gasteiger partial charge in [0.2, 0.25) is 5.91 Å². The Balaban J connectivity index is 3.95. The topological polar surface area (TPSA) is 29.1 Å². The second-order valence-corrected chi connectivity index (χ2v) is 4.18. The molecule has 0 aromatic heterocycles. The van der Waals surface area contributed by atoms with Crippen molar-refractivity contribution < 1.29 is 4.79 Å². The molecule has 0 rings (SSSR count). The number of nitrogens with one attached hydrogen (secondary N) is 1. The highest BCUT2D eigenvalue weighted by Crippen LogP contribution is 2.12. The zero-order chi connectivity index (χ0) is 9.72. The number of rotatable bonds is 4. The van der Waals surface area contributed by atoms with Crippen molar-refractivity contribution in [1.29, 1.82) is 0 Å². The largest absolute Gasteiger partial charge is 0.353 e. The summed E-state index contributed by atoms with van der Waals surface area (Å²) in [7, 11) is 0. The van der Waals surface area contributed by atoms with Crippen LogP contribution >= 0.6 is 0 Å². The van der Waals surface area contributed by atoms with Gasteiger partial charge in [0.1, 0.15) is 0 Å². The SMILES string of the molecule is CC(=O)N[C@@H](CC(C)C)C(C)C. The summed E-state index contributed by atoms with van der Waals surface area (Å²) in [4.78, 5) is 10.8. The first-order valence-electron chi connectivity index (χ1n) is 4.70. The molecule has 1 atom stereocenters. The van der Waals surface area contributed by atoms with Gasteiger partial charge in [-0.2, -0.15) is 0 Å². The second-order valence-electron chi connectivity index (χ2n) is 4.18. The van der Waals surface area contributed by atoms with Crippen molar-refractivity contribution in [3.63, 3.8) is 0 Å². The van der Waals surface area contributed by atoms with Crippen LogP contribution in [-0.2, 0) is 4.79 Å². The van der Waals surface area contributed by atoms with Crippen molar-refractivity contribution in [1.82, 2.24) is 5.32 Å². The molecule has 12 heavy (non-hydrogen) atoms. The van der Waals surface area contributed by atoms with Gasteiger partial charge in [-0.3, -0.25) is 4.79 Å². The molecule has 0 unspecified atom stereocenters. The number of amides is 1. The van der Waals surface area contributed by atoms with Crippen molar-refractivity contribution >= 4 is 5.91 Å². The lowest BCUT2D eigenvalue weighted by Crippen LogP contribution is -2.38. The first kappa shape index (κ1) is 11.5. The summed E-state index contributed by atoms with van der Waals surface area (Å²) in [5.74, 6) is 1.25. The van der Waals surface area contributed by atoms with E-state index in [0.29, 0.717) is 17.9 Å². The van der Waals surface area contributed by atoms with Crippen LogP contribution < -0.4 is 5.32 Å². The van der Waals surface area contributed by atoms with Crippen LogP contribution in [0.4, 0.5) is 0 Å². The van der Waals surface area contributed by atoms with Crippen molar-refractivity contribution in [2.24, 2.45) is 11.8 Å². The van der Waals surface area contributed by atoms with E-state index >= 15 is 0 Å². The molecular weight excluding hydrogens is 150 g/mol. The third-order valence-corrected chi connectivity index (χ3v) is 1.92. The molecule has 2 heteroatoms. The van der Waals surface area contributed by atoms with Crippen molar-refractivity contribution in [3.8, 4) is 0 Å². The van der Waals surface area contributed by atoms with E-state index in [9.17, 15) is 4.79 Å². The molecule has 0 aromatic rings. The van der Waals surface area contributed by atoms with Crippen LogP contribution in [-0.4, -0.2) is 11.9 Å². The quantitative estimate of drug-likeness (QED) is 0.690. The Kier molecular flexibility index (Phi) is 4.95. The molecule has 0 fully saturated rings. The lowest BCUT2D eigenvalue weighted by molar-refractivity contribution is -0.120. The Morgan fingerprint density at radius 1 is 1.25 bits per heavy atom. The highest BCUT2D eigenvalue weighted by Gasteiger charge is 2.15. The van der Waals surface area contributed by atoms with Gasteiger partial charge in [0, 0.05) is 13.0 Å². The summed E-state index contributed by atoms with van der Waals surface area (Å²) in [6, 6.07) is 0.336. The summed E-state index contributed by atoms with van der Waals surface area (Å²) in [5, 5.41) is 2.97. The lowest BCUT2D eigenvalue weighted by atomic mass is 9.94. The Hall–Kier alpha value is -0.530. The number of hydrogen-bond acceptors (Lipinski definition) is 1. The van der Waals surface area contributed by atoms with Gasteiger partial charge in [-0.05, 0) is 18.3 Å². The molecule has 0 saturated heterocycles. The summed E-state index contributed by atoms with van der Waals surface area (Å²) in [6.07, 6.45) is 1.07. The predicted molar refractivity (Wildman–Crippen MR) is 51.9 cm³/mol. The molecule has 0 aliphatic rings. The average Bonchev–Trinajstić information content (AvgIpc) is 1.83. The molecule has 1 amide bonds. The zero-order valence-electron chi connectivity index (χ0n) is 8.85. The second kappa shape index (κ2) is 5.18. The van der Waals surface area contributed by atoms with E-state index in [1.54, 1.807) is 6.92 Å². The normalized spacial score (nSPS) is 13.6. The zero-order valence-corrected chi connectivity index (χ0v) is 8.85. The Morgan fingerprint density at radius 2 is 1.75 bits per heavy atom. The maximum atomic E-state index is 10.8. The monoisotopic (exact) mass is 171 g/mol. The van der Waals surface area contributed by atoms with Crippen LogP contribution in [0.1, 0.15) is 41.0 Å². The maximum absolute atomic E-state index is 10.8. The highest BCUT2D eigenvalue weighted by atomic mass is 16.1. The van der Waals surface area contributed by atoms with Gasteiger partial charge in [0.15, 0.2) is 0 Å². The van der Waals surface area contributed by atoms with Crippen LogP contribution in [0.5, 0.6) is 0 Å². The molecule has 0 radical (unpaired) electrons. The Morgan fingerprint density at radius 3 is 2.00 bits per heavy atom. The van der Waals surface area contributed by atoms with Gasteiger partial charge < -0.3 is 5.32 Å². The molecule has 0 aromatic carbocycles. The fraction of sp³-hybridized carbons (Fsp3) is 0.900. The average molecular weight is 171 g/mol. The maximum Gasteiger partial charge on any atom is 0.217 e. The Labute approximate surface area is 75.7 Å². The van der Waals surface area contributed by atoms with E-state index in [2.05, 4.69) is 33.0 Å². The van der Waals surface area contributed by atoms with Crippen LogP contribution in [0.25, 0.3) is 0 Å². The molecule has 72 valence electrons. The summed E-state index contributed by atoms with van der Waals surface area (Å²) in [6.45, 7) is 10.2. The molecule has 0 aliphatic carbocycles. The van der Waals surface area contributed by atoms with Gasteiger partial charge in [0.05, 0.1) is 0 Å². The van der Waals surface area contributed by atoms with Crippen LogP contribution in [0.15, 0.2) is 0 Å². The lowest BCUT2D eigenvalue weighted by Gasteiger charge is -2.23. The van der Waals surface area contributed by atoms with Gasteiger partial charge in [-0.25, -0.2) is 0 Å². The van der Waals surface area contributed by atoms with Crippen molar-refractivity contribution in [3.05, 3.63) is 0 Å². The first-order chi connectivity index (χ1) is 5.43. The summed E-state index contributed by atoms with van der Waals surface area (Å²) < 4.78 is 0. The third-order valence-electron chi connectivity index (χ3n) is 1.92. The van der Waals surface area contributed by atoms with Gasteiger partial charge in [0.25, 0.3) is 0 Å². The minimum absolute atomic E-state index is 0.0781. The van der Waals surface area contributed by atoms with E-state index in [1.165, 1.54) is 0 Å².